The number of rotatable bonds is 12. The number of hydrogen-bond donors (Lipinski definition) is 2. The van der Waals surface area contributed by atoms with Crippen LogP contribution in [0.3, 0.4) is 0 Å². The molecule has 0 fully saturated rings. The Labute approximate surface area is 196 Å². The molecule has 0 saturated heterocycles. The van der Waals surface area contributed by atoms with Gasteiger partial charge in [-0.15, -0.1) is 0 Å². The molecule has 0 bridgehead atoms. The number of ether oxygens (including phenoxy) is 1. The predicted octanol–water partition coefficient (Wildman–Crippen LogP) is 5.75. The third kappa shape index (κ3) is 7.93. The first-order chi connectivity index (χ1) is 15.9. The van der Waals surface area contributed by atoms with E-state index in [-0.39, 0.29) is 11.6 Å². The number of urea groups is 1. The van der Waals surface area contributed by atoms with Gasteiger partial charge in [-0.05, 0) is 55.7 Å². The van der Waals surface area contributed by atoms with Crippen LogP contribution in [0.15, 0.2) is 42.0 Å². The van der Waals surface area contributed by atoms with Crippen molar-refractivity contribution in [2.24, 2.45) is 0 Å². The minimum absolute atomic E-state index is 0.195. The van der Waals surface area contributed by atoms with E-state index in [1.807, 2.05) is 30.3 Å². The average molecular weight is 454 g/mol. The highest BCUT2D eigenvalue weighted by Crippen LogP contribution is 2.32. The predicted molar refractivity (Wildman–Crippen MR) is 133 cm³/mol. The normalized spacial score (nSPS) is 11.2. The average Bonchev–Trinajstić information content (AvgIpc) is 2.81. The third-order valence-electron chi connectivity index (χ3n) is 5.20. The molecule has 0 saturated carbocycles. The number of carbonyl (C=O) groups excluding carboxylic acids is 1. The lowest BCUT2D eigenvalue weighted by Gasteiger charge is -2.18. The lowest BCUT2D eigenvalue weighted by atomic mass is 10.0. The number of nitrogens with one attached hydrogen (secondary N) is 1. The zero-order valence-electron chi connectivity index (χ0n) is 20.1. The second kappa shape index (κ2) is 13.3. The highest BCUT2D eigenvalue weighted by molar-refractivity contribution is 5.92. The van der Waals surface area contributed by atoms with Crippen LogP contribution >= 0.6 is 0 Å². The van der Waals surface area contributed by atoms with Gasteiger partial charge in [0.25, 0.3) is 0 Å². The van der Waals surface area contributed by atoms with Crippen molar-refractivity contribution in [3.8, 4) is 17.0 Å². The van der Waals surface area contributed by atoms with Crippen molar-refractivity contribution in [3.63, 3.8) is 0 Å². The number of benzene rings is 1. The van der Waals surface area contributed by atoms with Gasteiger partial charge >= 0.3 is 12.0 Å². The molecule has 0 unspecified atom stereocenters. The van der Waals surface area contributed by atoms with E-state index in [1.54, 1.807) is 26.1 Å². The number of pyridine rings is 1. The molecule has 0 spiro atoms. The molecule has 2 rings (SSSR count). The van der Waals surface area contributed by atoms with Gasteiger partial charge in [0.1, 0.15) is 11.6 Å². The van der Waals surface area contributed by atoms with Gasteiger partial charge in [0, 0.05) is 24.7 Å². The van der Waals surface area contributed by atoms with E-state index in [4.69, 9.17) is 9.72 Å². The molecule has 0 aliphatic heterocycles. The molecule has 0 radical (unpaired) electrons. The lowest BCUT2D eigenvalue weighted by Crippen LogP contribution is -2.38. The van der Waals surface area contributed by atoms with Crippen LogP contribution in [-0.4, -0.2) is 42.3 Å². The summed E-state index contributed by atoms with van der Waals surface area (Å²) in [6.45, 7) is 6.96. The molecular formula is C26H35N3O4. The Balaban J connectivity index is 2.31. The second-order valence-corrected chi connectivity index (χ2v) is 7.97. The number of carboxylic acid groups (broad SMARTS) is 1. The molecule has 1 aromatic carbocycles. The quantitative estimate of drug-likeness (QED) is 0.315. The van der Waals surface area contributed by atoms with E-state index in [1.165, 1.54) is 4.90 Å². The summed E-state index contributed by atoms with van der Waals surface area (Å²) < 4.78 is 6.03. The summed E-state index contributed by atoms with van der Waals surface area (Å²) >= 11 is 0. The van der Waals surface area contributed by atoms with Gasteiger partial charge in [0.2, 0.25) is 0 Å². The Morgan fingerprint density at radius 2 is 1.88 bits per heavy atom. The van der Waals surface area contributed by atoms with Gasteiger partial charge in [0.05, 0.1) is 12.3 Å². The van der Waals surface area contributed by atoms with Gasteiger partial charge in [0.15, 0.2) is 0 Å². The van der Waals surface area contributed by atoms with Crippen LogP contribution in [0.5, 0.6) is 5.75 Å². The fourth-order valence-corrected chi connectivity index (χ4v) is 3.15. The first kappa shape index (κ1) is 25.9. The molecule has 2 N–H and O–H groups in total. The Hall–Kier alpha value is -3.35. The number of nitrogens with zero attached hydrogens (tertiary/aromatic N) is 2. The molecule has 33 heavy (non-hydrogen) atoms. The topological polar surface area (TPSA) is 91.8 Å². The van der Waals surface area contributed by atoms with Gasteiger partial charge in [-0.3, -0.25) is 4.90 Å². The molecule has 0 atom stereocenters. The van der Waals surface area contributed by atoms with E-state index in [2.05, 4.69) is 19.2 Å². The lowest BCUT2D eigenvalue weighted by molar-refractivity contribution is -0.132. The van der Waals surface area contributed by atoms with E-state index in [9.17, 15) is 14.7 Å². The number of anilines is 1. The number of aromatic nitrogens is 1. The summed E-state index contributed by atoms with van der Waals surface area (Å²) in [5, 5.41) is 12.1. The highest BCUT2D eigenvalue weighted by Gasteiger charge is 2.15. The van der Waals surface area contributed by atoms with Gasteiger partial charge in [-0.25, -0.2) is 14.6 Å². The summed E-state index contributed by atoms with van der Waals surface area (Å²) in [5.74, 6) is 0.204. The Kier molecular flexibility index (Phi) is 10.4. The largest absolute Gasteiger partial charge is 0.493 e. The van der Waals surface area contributed by atoms with Crippen molar-refractivity contribution in [1.82, 2.24) is 10.3 Å². The molecule has 1 aromatic heterocycles. The first-order valence-corrected chi connectivity index (χ1v) is 11.5. The summed E-state index contributed by atoms with van der Waals surface area (Å²) in [7, 11) is 1.70. The number of aliphatic carboxylic acids is 1. The SMILES string of the molecule is CCCCCNC(=O)N(C)c1cccc(-c2ccc(C=C(C)C(=O)O)cc2OCCCC)n1. The molecular weight excluding hydrogens is 418 g/mol. The zero-order chi connectivity index (χ0) is 24.2. The number of amides is 2. The molecule has 7 nitrogen and oxygen atoms in total. The van der Waals surface area contributed by atoms with Crippen LogP contribution in [-0.2, 0) is 4.79 Å². The minimum Gasteiger partial charge on any atom is -0.493 e. The maximum absolute atomic E-state index is 12.5. The zero-order valence-corrected chi connectivity index (χ0v) is 20.1. The molecule has 0 aliphatic carbocycles. The van der Waals surface area contributed by atoms with E-state index in [0.29, 0.717) is 30.4 Å². The van der Waals surface area contributed by atoms with Crippen molar-refractivity contribution in [1.29, 1.82) is 0 Å². The van der Waals surface area contributed by atoms with Crippen LogP contribution in [0, 0.1) is 0 Å². The standard InChI is InChI=1S/C26H35N3O4/c1-5-7-9-15-27-26(32)29(4)24-12-10-11-22(28-24)21-14-13-20(17-19(3)25(30)31)18-23(21)33-16-8-6-2/h10-14,17-18H,5-9,15-16H2,1-4H3,(H,27,32)(H,30,31). The minimum atomic E-state index is -0.960. The maximum Gasteiger partial charge on any atom is 0.331 e. The van der Waals surface area contributed by atoms with Crippen molar-refractivity contribution in [2.75, 3.05) is 25.1 Å². The fraction of sp³-hybridized carbons (Fsp3) is 0.423. The van der Waals surface area contributed by atoms with Crippen molar-refractivity contribution < 1.29 is 19.4 Å². The van der Waals surface area contributed by atoms with Crippen LogP contribution in [0.1, 0.15) is 58.4 Å². The van der Waals surface area contributed by atoms with Crippen molar-refractivity contribution in [3.05, 3.63) is 47.5 Å². The Morgan fingerprint density at radius 1 is 1.12 bits per heavy atom. The molecule has 2 aromatic rings. The maximum atomic E-state index is 12.5. The summed E-state index contributed by atoms with van der Waals surface area (Å²) in [4.78, 5) is 29.9. The number of unbranched alkanes of at least 4 members (excludes halogenated alkanes) is 3. The highest BCUT2D eigenvalue weighted by atomic mass is 16.5. The molecule has 178 valence electrons. The molecule has 0 aliphatic rings. The van der Waals surface area contributed by atoms with Gasteiger partial charge < -0.3 is 15.2 Å². The van der Waals surface area contributed by atoms with Crippen LogP contribution in [0.25, 0.3) is 17.3 Å². The first-order valence-electron chi connectivity index (χ1n) is 11.5. The second-order valence-electron chi connectivity index (χ2n) is 7.97. The Bertz CT molecular complexity index is 972. The van der Waals surface area contributed by atoms with E-state index < -0.39 is 5.97 Å². The van der Waals surface area contributed by atoms with E-state index in [0.717, 1.165) is 43.2 Å². The van der Waals surface area contributed by atoms with Crippen LogP contribution in [0.4, 0.5) is 10.6 Å². The van der Waals surface area contributed by atoms with Crippen molar-refractivity contribution in [2.45, 2.75) is 52.9 Å². The monoisotopic (exact) mass is 453 g/mol. The fourth-order valence-electron chi connectivity index (χ4n) is 3.15. The third-order valence-corrected chi connectivity index (χ3v) is 5.20. The van der Waals surface area contributed by atoms with Crippen molar-refractivity contribution >= 4 is 23.9 Å². The smallest absolute Gasteiger partial charge is 0.331 e. The molecule has 2 amide bonds. The van der Waals surface area contributed by atoms with E-state index >= 15 is 0 Å². The Morgan fingerprint density at radius 3 is 2.58 bits per heavy atom. The van der Waals surface area contributed by atoms with Crippen LogP contribution in [0.2, 0.25) is 0 Å². The van der Waals surface area contributed by atoms with Crippen LogP contribution < -0.4 is 15.0 Å². The van der Waals surface area contributed by atoms with Gasteiger partial charge in [-0.2, -0.15) is 0 Å². The van der Waals surface area contributed by atoms with Gasteiger partial charge in [-0.1, -0.05) is 45.2 Å². The molecule has 1 heterocycles. The number of hydrogen-bond acceptors (Lipinski definition) is 4. The summed E-state index contributed by atoms with van der Waals surface area (Å²) in [5.41, 5.74) is 2.45. The molecule has 7 heteroatoms. The number of carboxylic acids is 1. The summed E-state index contributed by atoms with van der Waals surface area (Å²) in [6.07, 6.45) is 6.64. The number of carbonyl (C=O) groups is 2. The summed E-state index contributed by atoms with van der Waals surface area (Å²) in [6, 6.07) is 10.9.